The Morgan fingerprint density at radius 2 is 1.71 bits per heavy atom. The monoisotopic (exact) mass is 574 g/mol. The molecule has 12 heteroatoms. The van der Waals surface area contributed by atoms with Gasteiger partial charge in [-0.2, -0.15) is 4.31 Å². The van der Waals surface area contributed by atoms with Gasteiger partial charge < -0.3 is 9.47 Å². The molecular formula is C26H27ClN4O5S2. The number of anilines is 1. The van der Waals surface area contributed by atoms with Crippen molar-refractivity contribution in [3.8, 4) is 0 Å². The van der Waals surface area contributed by atoms with Crippen LogP contribution < -0.4 is 4.90 Å². The van der Waals surface area contributed by atoms with Gasteiger partial charge in [-0.3, -0.25) is 14.7 Å². The Kier molecular flexibility index (Phi) is 9.42. The molecule has 0 N–H and O–H groups in total. The Labute approximate surface area is 230 Å². The number of amides is 1. The van der Waals surface area contributed by atoms with Crippen LogP contribution in [0.4, 0.5) is 5.13 Å². The van der Waals surface area contributed by atoms with Gasteiger partial charge in [0.2, 0.25) is 10.0 Å². The molecule has 2 heterocycles. The van der Waals surface area contributed by atoms with E-state index in [0.29, 0.717) is 21.4 Å². The number of aromatic nitrogens is 2. The van der Waals surface area contributed by atoms with Crippen molar-refractivity contribution in [2.24, 2.45) is 0 Å². The van der Waals surface area contributed by atoms with Crippen LogP contribution in [0.15, 0.2) is 71.8 Å². The second-order valence-corrected chi connectivity index (χ2v) is 11.6. The largest absolute Gasteiger partial charge is 0.383 e. The van der Waals surface area contributed by atoms with Gasteiger partial charge in [-0.1, -0.05) is 29.0 Å². The van der Waals surface area contributed by atoms with Crippen LogP contribution in [-0.4, -0.2) is 69.1 Å². The van der Waals surface area contributed by atoms with Crippen molar-refractivity contribution in [2.45, 2.75) is 11.4 Å². The topological polar surface area (TPSA) is 102 Å². The zero-order valence-corrected chi connectivity index (χ0v) is 23.3. The first-order valence-electron chi connectivity index (χ1n) is 11.7. The fourth-order valence-electron chi connectivity index (χ4n) is 3.69. The summed E-state index contributed by atoms with van der Waals surface area (Å²) in [7, 11) is -0.790. The van der Waals surface area contributed by atoms with Crippen LogP contribution in [0.25, 0.3) is 10.2 Å². The second-order valence-electron chi connectivity index (χ2n) is 8.23. The molecule has 0 aliphatic rings. The Bertz CT molecular complexity index is 1470. The number of pyridine rings is 1. The number of fused-ring (bicyclic) bond motifs is 1. The number of hydrogen-bond acceptors (Lipinski definition) is 8. The molecule has 0 atom stereocenters. The zero-order chi connectivity index (χ0) is 27.1. The highest BCUT2D eigenvalue weighted by atomic mass is 35.5. The molecule has 1 amide bonds. The fourth-order valence-corrected chi connectivity index (χ4v) is 6.34. The lowest BCUT2D eigenvalue weighted by Gasteiger charge is -2.22. The molecule has 0 fully saturated rings. The van der Waals surface area contributed by atoms with Crippen LogP contribution in [0.3, 0.4) is 0 Å². The number of sulfonamides is 1. The van der Waals surface area contributed by atoms with E-state index in [1.807, 2.05) is 12.1 Å². The highest BCUT2D eigenvalue weighted by Crippen LogP contribution is 2.32. The molecule has 4 rings (SSSR count). The van der Waals surface area contributed by atoms with Crippen molar-refractivity contribution in [1.82, 2.24) is 14.3 Å². The van der Waals surface area contributed by atoms with Gasteiger partial charge in [0, 0.05) is 44.1 Å². The van der Waals surface area contributed by atoms with E-state index in [-0.39, 0.29) is 43.7 Å². The van der Waals surface area contributed by atoms with Crippen molar-refractivity contribution in [3.05, 3.63) is 83.1 Å². The molecule has 4 aromatic rings. The number of carbonyl (C=O) groups excluding carboxylic acids is 1. The maximum absolute atomic E-state index is 13.7. The fraction of sp³-hybridized carbons (Fsp3) is 0.269. The quantitative estimate of drug-likeness (QED) is 0.246. The molecule has 2 aromatic carbocycles. The van der Waals surface area contributed by atoms with Crippen molar-refractivity contribution in [1.29, 1.82) is 0 Å². The van der Waals surface area contributed by atoms with Crippen LogP contribution >= 0.6 is 22.9 Å². The predicted octanol–water partition coefficient (Wildman–Crippen LogP) is 4.48. The van der Waals surface area contributed by atoms with Gasteiger partial charge in [-0.15, -0.1) is 0 Å². The molecule has 0 unspecified atom stereocenters. The first kappa shape index (κ1) is 28.1. The van der Waals surface area contributed by atoms with E-state index in [2.05, 4.69) is 9.97 Å². The molecule has 200 valence electrons. The molecule has 0 bridgehead atoms. The number of ether oxygens (including phenoxy) is 2. The minimum atomic E-state index is -3.81. The maximum Gasteiger partial charge on any atom is 0.260 e. The molecule has 9 nitrogen and oxygen atoms in total. The number of hydrogen-bond donors (Lipinski definition) is 0. The third kappa shape index (κ3) is 6.55. The van der Waals surface area contributed by atoms with Crippen LogP contribution in [-0.2, 0) is 26.0 Å². The lowest BCUT2D eigenvalue weighted by atomic mass is 10.2. The van der Waals surface area contributed by atoms with Crippen LogP contribution in [0.1, 0.15) is 16.1 Å². The van der Waals surface area contributed by atoms with Crippen LogP contribution in [0, 0.1) is 0 Å². The van der Waals surface area contributed by atoms with Gasteiger partial charge in [0.1, 0.15) is 0 Å². The summed E-state index contributed by atoms with van der Waals surface area (Å²) in [5.74, 6) is -0.333. The number of benzene rings is 2. The lowest BCUT2D eigenvalue weighted by Crippen LogP contribution is -2.36. The van der Waals surface area contributed by atoms with Gasteiger partial charge >= 0.3 is 0 Å². The van der Waals surface area contributed by atoms with Gasteiger partial charge in [-0.25, -0.2) is 13.4 Å². The first-order valence-corrected chi connectivity index (χ1v) is 14.3. The standard InChI is InChI=1S/C26H27ClN4O5S2/c1-35-15-13-30(14-16-36-2)38(33,34)22-9-6-19(7-10-22)25(32)31(18-21-5-3-4-12-28-21)26-29-23-11-8-20(27)17-24(23)37-26/h3-12,17H,13-16,18H2,1-2H3. The maximum atomic E-state index is 13.7. The minimum absolute atomic E-state index is 0.0761. The summed E-state index contributed by atoms with van der Waals surface area (Å²) in [5, 5.41) is 1.07. The number of rotatable bonds is 12. The van der Waals surface area contributed by atoms with E-state index in [1.165, 1.54) is 59.0 Å². The molecule has 0 saturated heterocycles. The predicted molar refractivity (Wildman–Crippen MR) is 148 cm³/mol. The average molecular weight is 575 g/mol. The third-order valence-electron chi connectivity index (χ3n) is 5.69. The molecule has 0 spiro atoms. The lowest BCUT2D eigenvalue weighted by molar-refractivity contribution is 0.0984. The summed E-state index contributed by atoms with van der Waals surface area (Å²) in [6, 6.07) is 16.7. The van der Waals surface area contributed by atoms with E-state index in [1.54, 1.807) is 30.5 Å². The van der Waals surface area contributed by atoms with Gasteiger partial charge in [0.05, 0.1) is 40.6 Å². The Morgan fingerprint density at radius 3 is 2.34 bits per heavy atom. The molecule has 0 aliphatic heterocycles. The van der Waals surface area contributed by atoms with E-state index < -0.39 is 10.0 Å². The minimum Gasteiger partial charge on any atom is -0.383 e. The second kappa shape index (κ2) is 12.7. The highest BCUT2D eigenvalue weighted by Gasteiger charge is 2.26. The molecule has 0 saturated carbocycles. The number of thiazole rings is 1. The van der Waals surface area contributed by atoms with Gasteiger partial charge in [0.25, 0.3) is 5.91 Å². The van der Waals surface area contributed by atoms with Crippen molar-refractivity contribution in [3.63, 3.8) is 0 Å². The molecule has 0 radical (unpaired) electrons. The molecule has 0 aliphatic carbocycles. The summed E-state index contributed by atoms with van der Waals surface area (Å²) in [6.07, 6.45) is 1.66. The summed E-state index contributed by atoms with van der Waals surface area (Å²) in [4.78, 5) is 24.3. The van der Waals surface area contributed by atoms with Crippen LogP contribution in [0.2, 0.25) is 5.02 Å². The normalized spacial score (nSPS) is 11.8. The first-order chi connectivity index (χ1) is 18.3. The summed E-state index contributed by atoms with van der Waals surface area (Å²) >= 11 is 7.49. The van der Waals surface area contributed by atoms with Gasteiger partial charge in [0.15, 0.2) is 5.13 Å². The van der Waals surface area contributed by atoms with E-state index in [4.69, 9.17) is 21.1 Å². The van der Waals surface area contributed by atoms with E-state index >= 15 is 0 Å². The molecule has 38 heavy (non-hydrogen) atoms. The Morgan fingerprint density at radius 1 is 1.00 bits per heavy atom. The smallest absolute Gasteiger partial charge is 0.260 e. The van der Waals surface area contributed by atoms with Crippen molar-refractivity contribution in [2.75, 3.05) is 45.4 Å². The van der Waals surface area contributed by atoms with Crippen molar-refractivity contribution < 1.29 is 22.7 Å². The average Bonchev–Trinajstić information content (AvgIpc) is 3.35. The van der Waals surface area contributed by atoms with E-state index in [0.717, 1.165) is 10.2 Å². The summed E-state index contributed by atoms with van der Waals surface area (Å²) in [6.45, 7) is 1.05. The zero-order valence-electron chi connectivity index (χ0n) is 20.9. The van der Waals surface area contributed by atoms with Gasteiger partial charge in [-0.05, 0) is 54.6 Å². The molecular weight excluding hydrogens is 548 g/mol. The summed E-state index contributed by atoms with van der Waals surface area (Å²) < 4.78 is 38.8. The number of halogens is 1. The van der Waals surface area contributed by atoms with Crippen molar-refractivity contribution >= 4 is 54.2 Å². The number of methoxy groups -OCH3 is 2. The van der Waals surface area contributed by atoms with Crippen LogP contribution in [0.5, 0.6) is 0 Å². The third-order valence-corrected chi connectivity index (χ3v) is 8.88. The SMILES string of the molecule is COCCN(CCOC)S(=O)(=O)c1ccc(C(=O)N(Cc2ccccn2)c2nc3ccc(Cl)cc3s2)cc1. The van der Waals surface area contributed by atoms with E-state index in [9.17, 15) is 13.2 Å². The number of nitrogens with zero attached hydrogens (tertiary/aromatic N) is 4. The summed E-state index contributed by atoms with van der Waals surface area (Å²) in [5.41, 5.74) is 1.73. The highest BCUT2D eigenvalue weighted by molar-refractivity contribution is 7.89. The Balaban J connectivity index is 1.64. The Hall–Kier alpha value is -2.93. The number of carbonyl (C=O) groups is 1. The molecule has 2 aromatic heterocycles.